The molecular formula is C8H9ClN2O3. The van der Waals surface area contributed by atoms with Crippen molar-refractivity contribution in [2.24, 2.45) is 5.73 Å². The Morgan fingerprint density at radius 2 is 2.43 bits per heavy atom. The number of nitrogens with two attached hydrogens (primary N) is 1. The first-order valence-corrected chi connectivity index (χ1v) is 4.12. The zero-order valence-electron chi connectivity index (χ0n) is 7.40. The molecule has 76 valence electrons. The highest BCUT2D eigenvalue weighted by Crippen LogP contribution is 2.25. The van der Waals surface area contributed by atoms with Crippen molar-refractivity contribution < 1.29 is 14.6 Å². The molecule has 0 aromatic carbocycles. The fourth-order valence-corrected chi connectivity index (χ4v) is 1.07. The first kappa shape index (κ1) is 10.7. The van der Waals surface area contributed by atoms with E-state index in [9.17, 15) is 4.79 Å². The average Bonchev–Trinajstić information content (AvgIpc) is 2.17. The molecule has 0 fully saturated rings. The van der Waals surface area contributed by atoms with Crippen molar-refractivity contribution >= 4 is 17.6 Å². The minimum absolute atomic E-state index is 0.207. The van der Waals surface area contributed by atoms with Gasteiger partial charge >= 0.3 is 5.97 Å². The molecule has 0 aliphatic carbocycles. The van der Waals surface area contributed by atoms with Crippen molar-refractivity contribution in [3.63, 3.8) is 0 Å². The lowest BCUT2D eigenvalue weighted by Gasteiger charge is -2.08. The van der Waals surface area contributed by atoms with Crippen LogP contribution in [0.25, 0.3) is 0 Å². The number of carboxylic acids is 1. The zero-order valence-corrected chi connectivity index (χ0v) is 8.15. The molecule has 0 amide bonds. The van der Waals surface area contributed by atoms with Gasteiger partial charge in [0.25, 0.3) is 0 Å². The van der Waals surface area contributed by atoms with E-state index < -0.39 is 12.0 Å². The molecule has 0 bridgehead atoms. The topological polar surface area (TPSA) is 85.4 Å². The fourth-order valence-electron chi connectivity index (χ4n) is 0.888. The van der Waals surface area contributed by atoms with E-state index in [0.29, 0.717) is 10.8 Å². The van der Waals surface area contributed by atoms with E-state index in [0.717, 1.165) is 0 Å². The van der Waals surface area contributed by atoms with Gasteiger partial charge in [0.15, 0.2) is 0 Å². The standard InChI is InChI=1S/C8H9ClN2O3/c1-14-6-2-5(7(10)8(12)13)11-3-4(6)9/h2-3,7H,10H2,1H3,(H,12,13). The molecule has 1 unspecified atom stereocenters. The van der Waals surface area contributed by atoms with E-state index in [1.54, 1.807) is 0 Å². The summed E-state index contributed by atoms with van der Waals surface area (Å²) in [5.74, 6) is -0.796. The summed E-state index contributed by atoms with van der Waals surface area (Å²) >= 11 is 5.70. The van der Waals surface area contributed by atoms with Gasteiger partial charge in [0.2, 0.25) is 0 Å². The monoisotopic (exact) mass is 216 g/mol. The Morgan fingerprint density at radius 1 is 1.79 bits per heavy atom. The number of aromatic nitrogens is 1. The van der Waals surface area contributed by atoms with E-state index >= 15 is 0 Å². The molecule has 0 radical (unpaired) electrons. The van der Waals surface area contributed by atoms with Crippen LogP contribution < -0.4 is 10.5 Å². The van der Waals surface area contributed by atoms with Crippen molar-refractivity contribution in [1.29, 1.82) is 0 Å². The molecule has 0 aliphatic heterocycles. The van der Waals surface area contributed by atoms with Crippen LogP contribution >= 0.6 is 11.6 Å². The van der Waals surface area contributed by atoms with Crippen LogP contribution in [0.3, 0.4) is 0 Å². The van der Waals surface area contributed by atoms with E-state index in [1.807, 2.05) is 0 Å². The maximum absolute atomic E-state index is 10.5. The lowest BCUT2D eigenvalue weighted by Crippen LogP contribution is -2.21. The highest BCUT2D eigenvalue weighted by atomic mass is 35.5. The van der Waals surface area contributed by atoms with Crippen LogP contribution in [0.5, 0.6) is 5.75 Å². The van der Waals surface area contributed by atoms with Gasteiger partial charge in [-0.05, 0) is 0 Å². The molecule has 1 rings (SSSR count). The second kappa shape index (κ2) is 4.26. The average molecular weight is 217 g/mol. The van der Waals surface area contributed by atoms with Crippen LogP contribution in [-0.4, -0.2) is 23.2 Å². The van der Waals surface area contributed by atoms with Crippen molar-refractivity contribution in [1.82, 2.24) is 4.98 Å². The molecule has 1 heterocycles. The third kappa shape index (κ3) is 2.12. The van der Waals surface area contributed by atoms with Crippen LogP contribution in [0.1, 0.15) is 11.7 Å². The third-order valence-corrected chi connectivity index (χ3v) is 1.93. The molecule has 0 aliphatic rings. The molecule has 0 spiro atoms. The SMILES string of the molecule is COc1cc(C(N)C(=O)O)ncc1Cl. The Bertz CT molecular complexity index is 356. The minimum Gasteiger partial charge on any atom is -0.495 e. The maximum atomic E-state index is 10.5. The van der Waals surface area contributed by atoms with Crippen LogP contribution in [0.2, 0.25) is 5.02 Å². The number of nitrogens with zero attached hydrogens (tertiary/aromatic N) is 1. The number of rotatable bonds is 3. The second-order valence-electron chi connectivity index (χ2n) is 2.56. The number of aliphatic carboxylic acids is 1. The number of hydrogen-bond donors (Lipinski definition) is 2. The molecule has 0 saturated carbocycles. The van der Waals surface area contributed by atoms with Crippen LogP contribution in [0, 0.1) is 0 Å². The Morgan fingerprint density at radius 3 is 2.93 bits per heavy atom. The van der Waals surface area contributed by atoms with Crippen LogP contribution in [0.15, 0.2) is 12.3 Å². The fraction of sp³-hybridized carbons (Fsp3) is 0.250. The molecule has 0 saturated heterocycles. The summed E-state index contributed by atoms with van der Waals surface area (Å²) in [7, 11) is 1.43. The first-order valence-electron chi connectivity index (χ1n) is 3.74. The molecule has 5 nitrogen and oxygen atoms in total. The number of pyridine rings is 1. The van der Waals surface area contributed by atoms with Gasteiger partial charge in [-0.3, -0.25) is 9.78 Å². The minimum atomic E-state index is -1.17. The lowest BCUT2D eigenvalue weighted by atomic mass is 10.2. The smallest absolute Gasteiger partial charge is 0.326 e. The summed E-state index contributed by atoms with van der Waals surface area (Å²) in [6.07, 6.45) is 1.30. The number of ether oxygens (including phenoxy) is 1. The van der Waals surface area contributed by atoms with Gasteiger partial charge in [-0.2, -0.15) is 0 Å². The summed E-state index contributed by atoms with van der Waals surface area (Å²) in [5.41, 5.74) is 5.56. The predicted octanol–water partition coefficient (Wildman–Crippen LogP) is 0.828. The number of carboxylic acid groups (broad SMARTS) is 1. The summed E-state index contributed by atoms with van der Waals surface area (Å²) in [6, 6.07) is 0.238. The Labute approximate surface area is 85.5 Å². The molecule has 14 heavy (non-hydrogen) atoms. The van der Waals surface area contributed by atoms with Gasteiger partial charge in [0.1, 0.15) is 16.8 Å². The summed E-state index contributed by atoms with van der Waals surface area (Å²) in [6.45, 7) is 0. The van der Waals surface area contributed by atoms with Crippen molar-refractivity contribution in [3.8, 4) is 5.75 Å². The zero-order chi connectivity index (χ0) is 10.7. The molecule has 1 atom stereocenters. The number of hydrogen-bond acceptors (Lipinski definition) is 4. The summed E-state index contributed by atoms with van der Waals surface area (Å²) in [4.78, 5) is 14.3. The van der Waals surface area contributed by atoms with E-state index in [1.165, 1.54) is 19.4 Å². The third-order valence-electron chi connectivity index (χ3n) is 1.65. The Kier molecular flexibility index (Phi) is 3.27. The lowest BCUT2D eigenvalue weighted by molar-refractivity contribution is -0.138. The van der Waals surface area contributed by atoms with Gasteiger partial charge in [-0.1, -0.05) is 11.6 Å². The van der Waals surface area contributed by atoms with Gasteiger partial charge in [0.05, 0.1) is 12.8 Å². The van der Waals surface area contributed by atoms with Gasteiger partial charge < -0.3 is 15.6 Å². The normalized spacial score (nSPS) is 12.2. The van der Waals surface area contributed by atoms with E-state index in [4.69, 9.17) is 27.2 Å². The number of halogens is 1. The highest BCUT2D eigenvalue weighted by Gasteiger charge is 2.17. The summed E-state index contributed by atoms with van der Waals surface area (Å²) in [5, 5.41) is 8.94. The Balaban J connectivity index is 3.06. The molecule has 6 heteroatoms. The molecular weight excluding hydrogens is 208 g/mol. The largest absolute Gasteiger partial charge is 0.495 e. The van der Waals surface area contributed by atoms with Gasteiger partial charge in [-0.15, -0.1) is 0 Å². The Hall–Kier alpha value is -1.33. The predicted molar refractivity (Wildman–Crippen MR) is 50.4 cm³/mol. The maximum Gasteiger partial charge on any atom is 0.326 e. The molecule has 3 N–H and O–H groups in total. The van der Waals surface area contributed by atoms with E-state index in [-0.39, 0.29) is 5.69 Å². The molecule has 1 aromatic rings. The van der Waals surface area contributed by atoms with Crippen LogP contribution in [-0.2, 0) is 4.79 Å². The van der Waals surface area contributed by atoms with Crippen molar-refractivity contribution in [3.05, 3.63) is 23.0 Å². The second-order valence-corrected chi connectivity index (χ2v) is 2.97. The molecule has 1 aromatic heterocycles. The summed E-state index contributed by atoms with van der Waals surface area (Å²) < 4.78 is 4.90. The van der Waals surface area contributed by atoms with Gasteiger partial charge in [0, 0.05) is 12.3 Å². The van der Waals surface area contributed by atoms with E-state index in [2.05, 4.69) is 4.98 Å². The number of carbonyl (C=O) groups is 1. The van der Waals surface area contributed by atoms with Gasteiger partial charge in [-0.25, -0.2) is 0 Å². The van der Waals surface area contributed by atoms with Crippen molar-refractivity contribution in [2.75, 3.05) is 7.11 Å². The quantitative estimate of drug-likeness (QED) is 0.782. The van der Waals surface area contributed by atoms with Crippen molar-refractivity contribution in [2.45, 2.75) is 6.04 Å². The highest BCUT2D eigenvalue weighted by molar-refractivity contribution is 6.31. The first-order chi connectivity index (χ1) is 6.56. The number of methoxy groups -OCH3 is 1. The van der Waals surface area contributed by atoms with Crippen LogP contribution in [0.4, 0.5) is 0 Å².